The number of ether oxygens (including phenoxy) is 1. The normalized spacial score (nSPS) is 25.6. The summed E-state index contributed by atoms with van der Waals surface area (Å²) in [4.78, 5) is 13.2. The number of amides is 1. The summed E-state index contributed by atoms with van der Waals surface area (Å²) in [6.45, 7) is 3.36. The number of nitrogens with one attached hydrogen (secondary N) is 1. The van der Waals surface area contributed by atoms with Gasteiger partial charge in [-0.25, -0.2) is 4.39 Å². The van der Waals surface area contributed by atoms with Gasteiger partial charge in [-0.2, -0.15) is 0 Å². The molecule has 0 bridgehead atoms. The first kappa shape index (κ1) is 9.86. The Kier molecular flexibility index (Phi) is 2.98. The molecule has 1 unspecified atom stereocenters. The fraction of sp³-hybridized carbons (Fsp3) is 0.889. The monoisotopic (exact) mass is 202 g/mol. The van der Waals surface area contributed by atoms with E-state index in [2.05, 4.69) is 5.32 Å². The van der Waals surface area contributed by atoms with Crippen LogP contribution in [0.2, 0.25) is 0 Å². The van der Waals surface area contributed by atoms with Crippen LogP contribution in [0.5, 0.6) is 0 Å². The predicted octanol–water partition coefficient (Wildman–Crippen LogP) is -0.597. The lowest BCUT2D eigenvalue weighted by Gasteiger charge is -2.34. The van der Waals surface area contributed by atoms with Crippen molar-refractivity contribution in [3.05, 3.63) is 0 Å². The van der Waals surface area contributed by atoms with Crippen LogP contribution in [-0.4, -0.2) is 56.4 Å². The maximum Gasteiger partial charge on any atom is 0.257 e. The highest BCUT2D eigenvalue weighted by molar-refractivity contribution is 5.81. The van der Waals surface area contributed by atoms with Gasteiger partial charge in [-0.3, -0.25) is 4.79 Å². The van der Waals surface area contributed by atoms with Crippen LogP contribution in [0, 0.1) is 5.92 Å². The van der Waals surface area contributed by atoms with E-state index in [9.17, 15) is 9.18 Å². The first-order valence-electron chi connectivity index (χ1n) is 5.00. The van der Waals surface area contributed by atoms with E-state index in [0.717, 1.165) is 0 Å². The molecule has 0 aromatic heterocycles. The second kappa shape index (κ2) is 4.23. The fourth-order valence-electron chi connectivity index (χ4n) is 1.68. The zero-order chi connectivity index (χ0) is 9.97. The average Bonchev–Trinajstić information content (AvgIpc) is 2.15. The molecule has 14 heavy (non-hydrogen) atoms. The van der Waals surface area contributed by atoms with Gasteiger partial charge in [-0.1, -0.05) is 0 Å². The Labute approximate surface area is 82.4 Å². The lowest BCUT2D eigenvalue weighted by molar-refractivity contribution is -0.143. The van der Waals surface area contributed by atoms with Gasteiger partial charge in [0.2, 0.25) is 0 Å². The lowest BCUT2D eigenvalue weighted by Crippen LogP contribution is -2.54. The SMILES string of the molecule is O=C(C(F)C1CNC1)N1CCOCC1. The van der Waals surface area contributed by atoms with Crippen molar-refractivity contribution in [2.24, 2.45) is 5.92 Å². The molecule has 0 aromatic carbocycles. The van der Waals surface area contributed by atoms with Crippen LogP contribution in [0.25, 0.3) is 0 Å². The molecule has 2 saturated heterocycles. The van der Waals surface area contributed by atoms with Gasteiger partial charge in [0.1, 0.15) is 0 Å². The highest BCUT2D eigenvalue weighted by Crippen LogP contribution is 2.16. The van der Waals surface area contributed by atoms with Crippen LogP contribution < -0.4 is 5.32 Å². The number of alkyl halides is 1. The van der Waals surface area contributed by atoms with Gasteiger partial charge in [-0.05, 0) is 0 Å². The van der Waals surface area contributed by atoms with Gasteiger partial charge < -0.3 is 15.0 Å². The van der Waals surface area contributed by atoms with Gasteiger partial charge in [0, 0.05) is 32.1 Å². The van der Waals surface area contributed by atoms with Crippen molar-refractivity contribution >= 4 is 5.91 Å². The highest BCUT2D eigenvalue weighted by Gasteiger charge is 2.35. The second-order valence-electron chi connectivity index (χ2n) is 3.76. The number of morpholine rings is 1. The zero-order valence-corrected chi connectivity index (χ0v) is 8.04. The molecule has 80 valence electrons. The Balaban J connectivity index is 1.85. The summed E-state index contributed by atoms with van der Waals surface area (Å²) in [5.41, 5.74) is 0. The van der Waals surface area contributed by atoms with Crippen LogP contribution in [-0.2, 0) is 9.53 Å². The minimum Gasteiger partial charge on any atom is -0.378 e. The van der Waals surface area contributed by atoms with E-state index in [1.165, 1.54) is 0 Å². The molecule has 2 rings (SSSR count). The van der Waals surface area contributed by atoms with Crippen molar-refractivity contribution in [1.82, 2.24) is 10.2 Å². The summed E-state index contributed by atoms with van der Waals surface area (Å²) >= 11 is 0. The first-order chi connectivity index (χ1) is 6.79. The molecular weight excluding hydrogens is 187 g/mol. The number of rotatable bonds is 2. The summed E-state index contributed by atoms with van der Waals surface area (Å²) in [7, 11) is 0. The standard InChI is InChI=1S/C9H15FN2O2/c10-8(7-5-11-6-7)9(13)12-1-3-14-4-2-12/h7-8,11H,1-6H2. The van der Waals surface area contributed by atoms with E-state index >= 15 is 0 Å². The highest BCUT2D eigenvalue weighted by atomic mass is 19.1. The molecule has 1 atom stereocenters. The van der Waals surface area contributed by atoms with Crippen molar-refractivity contribution in [2.75, 3.05) is 39.4 Å². The number of halogens is 1. The van der Waals surface area contributed by atoms with Gasteiger partial charge in [0.15, 0.2) is 6.17 Å². The van der Waals surface area contributed by atoms with E-state index in [-0.39, 0.29) is 11.8 Å². The van der Waals surface area contributed by atoms with Crippen LogP contribution in [0.1, 0.15) is 0 Å². The number of hydrogen-bond donors (Lipinski definition) is 1. The third kappa shape index (κ3) is 1.88. The summed E-state index contributed by atoms with van der Waals surface area (Å²) in [6.07, 6.45) is -1.32. The number of hydrogen-bond acceptors (Lipinski definition) is 3. The van der Waals surface area contributed by atoms with Gasteiger partial charge in [0.05, 0.1) is 13.2 Å². The van der Waals surface area contributed by atoms with E-state index in [1.807, 2.05) is 0 Å². The van der Waals surface area contributed by atoms with Crippen LogP contribution in [0.15, 0.2) is 0 Å². The van der Waals surface area contributed by atoms with Crippen LogP contribution in [0.4, 0.5) is 4.39 Å². The van der Waals surface area contributed by atoms with Gasteiger partial charge in [-0.15, -0.1) is 0 Å². The molecule has 0 aliphatic carbocycles. The quantitative estimate of drug-likeness (QED) is 0.650. The van der Waals surface area contributed by atoms with Crippen molar-refractivity contribution in [3.8, 4) is 0 Å². The molecule has 0 aromatic rings. The lowest BCUT2D eigenvalue weighted by atomic mass is 9.96. The second-order valence-corrected chi connectivity index (χ2v) is 3.76. The summed E-state index contributed by atoms with van der Waals surface area (Å²) in [6, 6.07) is 0. The minimum atomic E-state index is -1.32. The average molecular weight is 202 g/mol. The van der Waals surface area contributed by atoms with E-state index in [1.54, 1.807) is 4.90 Å². The number of carbonyl (C=O) groups excluding carboxylic acids is 1. The summed E-state index contributed by atoms with van der Waals surface area (Å²) < 4.78 is 18.7. The Morgan fingerprint density at radius 1 is 1.43 bits per heavy atom. The molecule has 1 N–H and O–H groups in total. The molecule has 0 saturated carbocycles. The molecule has 4 nitrogen and oxygen atoms in total. The Morgan fingerprint density at radius 2 is 2.07 bits per heavy atom. The summed E-state index contributed by atoms with van der Waals surface area (Å²) in [5, 5.41) is 2.96. The van der Waals surface area contributed by atoms with Crippen LogP contribution in [0.3, 0.4) is 0 Å². The molecule has 0 radical (unpaired) electrons. The molecule has 2 aliphatic heterocycles. The maximum absolute atomic E-state index is 13.6. The molecule has 2 heterocycles. The molecule has 0 spiro atoms. The molecular formula is C9H15FN2O2. The third-order valence-electron chi connectivity index (χ3n) is 2.79. The van der Waals surface area contributed by atoms with Crippen LogP contribution >= 0.6 is 0 Å². The van der Waals surface area contributed by atoms with E-state index in [4.69, 9.17) is 4.74 Å². The van der Waals surface area contributed by atoms with Crippen molar-refractivity contribution < 1.29 is 13.9 Å². The largest absolute Gasteiger partial charge is 0.378 e. The summed E-state index contributed by atoms with van der Waals surface area (Å²) in [5.74, 6) is -0.481. The predicted molar refractivity (Wildman–Crippen MR) is 48.7 cm³/mol. The molecule has 1 amide bonds. The minimum absolute atomic E-state index is 0.120. The maximum atomic E-state index is 13.6. The van der Waals surface area contributed by atoms with E-state index in [0.29, 0.717) is 39.4 Å². The van der Waals surface area contributed by atoms with Crippen molar-refractivity contribution in [1.29, 1.82) is 0 Å². The van der Waals surface area contributed by atoms with Gasteiger partial charge in [0.25, 0.3) is 5.91 Å². The van der Waals surface area contributed by atoms with Gasteiger partial charge >= 0.3 is 0 Å². The topological polar surface area (TPSA) is 41.6 Å². The Morgan fingerprint density at radius 3 is 2.57 bits per heavy atom. The molecule has 5 heteroatoms. The van der Waals surface area contributed by atoms with Crippen molar-refractivity contribution in [3.63, 3.8) is 0 Å². The van der Waals surface area contributed by atoms with E-state index < -0.39 is 6.17 Å². The first-order valence-corrected chi connectivity index (χ1v) is 5.00. The molecule has 2 fully saturated rings. The zero-order valence-electron chi connectivity index (χ0n) is 8.04. The fourth-order valence-corrected chi connectivity index (χ4v) is 1.68. The molecule has 2 aliphatic rings. The third-order valence-corrected chi connectivity index (χ3v) is 2.79. The Bertz CT molecular complexity index is 211. The number of nitrogens with zero attached hydrogens (tertiary/aromatic N) is 1. The smallest absolute Gasteiger partial charge is 0.257 e. The number of carbonyl (C=O) groups is 1. The Hall–Kier alpha value is -0.680. The van der Waals surface area contributed by atoms with Crippen molar-refractivity contribution in [2.45, 2.75) is 6.17 Å².